The van der Waals surface area contributed by atoms with Gasteiger partial charge in [-0.1, -0.05) is 12.1 Å². The number of nitrogens with two attached hydrogens (primary N) is 1. The van der Waals surface area contributed by atoms with Crippen molar-refractivity contribution in [3.05, 3.63) is 23.8 Å². The highest BCUT2D eigenvalue weighted by Crippen LogP contribution is 2.29. The number of hydrogen-bond acceptors (Lipinski definition) is 3. The van der Waals surface area contributed by atoms with Gasteiger partial charge in [0.25, 0.3) is 0 Å². The van der Waals surface area contributed by atoms with Crippen LogP contribution < -0.4 is 10.6 Å². The summed E-state index contributed by atoms with van der Waals surface area (Å²) in [6.07, 6.45) is -4.33. The quantitative estimate of drug-likeness (QED) is 0.800. The molecule has 0 radical (unpaired) electrons. The van der Waals surface area contributed by atoms with Crippen molar-refractivity contribution in [2.24, 2.45) is 0 Å². The Balaban J connectivity index is 3.05. The van der Waals surface area contributed by atoms with E-state index in [1.165, 1.54) is 0 Å². The molecule has 0 saturated heterocycles. The zero-order valence-corrected chi connectivity index (χ0v) is 9.46. The van der Waals surface area contributed by atoms with Crippen LogP contribution in [-0.2, 0) is 0 Å². The summed E-state index contributed by atoms with van der Waals surface area (Å²) in [6.45, 7) is 0.105. The predicted octanol–water partition coefficient (Wildman–Crippen LogP) is 1.94. The Morgan fingerprint density at radius 3 is 2.47 bits per heavy atom. The van der Waals surface area contributed by atoms with Gasteiger partial charge in [0.15, 0.2) is 0 Å². The number of aliphatic hydroxyl groups excluding tert-OH is 1. The number of alkyl halides is 3. The van der Waals surface area contributed by atoms with Gasteiger partial charge in [-0.15, -0.1) is 0 Å². The molecule has 0 amide bonds. The summed E-state index contributed by atoms with van der Waals surface area (Å²) >= 11 is 0. The van der Waals surface area contributed by atoms with Gasteiger partial charge in [-0.3, -0.25) is 0 Å². The SMILES string of the molecule is Cc1cccc(N)c1N(CCO)CC(F)(F)F. The van der Waals surface area contributed by atoms with E-state index < -0.39 is 12.7 Å². The minimum Gasteiger partial charge on any atom is -0.397 e. The lowest BCUT2D eigenvalue weighted by atomic mass is 10.1. The largest absolute Gasteiger partial charge is 0.405 e. The zero-order valence-electron chi connectivity index (χ0n) is 9.46. The molecule has 17 heavy (non-hydrogen) atoms. The average molecular weight is 248 g/mol. The van der Waals surface area contributed by atoms with Crippen molar-refractivity contribution in [3.8, 4) is 0 Å². The van der Waals surface area contributed by atoms with Gasteiger partial charge in [0.05, 0.1) is 18.0 Å². The topological polar surface area (TPSA) is 49.5 Å². The van der Waals surface area contributed by atoms with Crippen LogP contribution in [0, 0.1) is 6.92 Å². The van der Waals surface area contributed by atoms with Crippen molar-refractivity contribution in [2.75, 3.05) is 30.3 Å². The number of benzene rings is 1. The molecule has 6 heteroatoms. The minimum atomic E-state index is -4.33. The molecule has 1 aromatic carbocycles. The maximum Gasteiger partial charge on any atom is 0.405 e. The van der Waals surface area contributed by atoms with Crippen LogP contribution in [0.15, 0.2) is 18.2 Å². The second kappa shape index (κ2) is 5.27. The van der Waals surface area contributed by atoms with Crippen molar-refractivity contribution >= 4 is 11.4 Å². The molecule has 96 valence electrons. The minimum absolute atomic E-state index is 0.103. The Kier molecular flexibility index (Phi) is 4.22. The number of aryl methyl sites for hydroxylation is 1. The number of aliphatic hydroxyl groups is 1. The van der Waals surface area contributed by atoms with Crippen molar-refractivity contribution in [1.29, 1.82) is 0 Å². The highest BCUT2D eigenvalue weighted by molar-refractivity contribution is 5.71. The van der Waals surface area contributed by atoms with Gasteiger partial charge in [-0.25, -0.2) is 0 Å². The molecule has 0 saturated carbocycles. The summed E-state index contributed by atoms with van der Waals surface area (Å²) in [5.41, 5.74) is 6.95. The summed E-state index contributed by atoms with van der Waals surface area (Å²) in [5, 5.41) is 8.83. The molecule has 0 aliphatic carbocycles. The Morgan fingerprint density at radius 2 is 2.00 bits per heavy atom. The van der Waals surface area contributed by atoms with Crippen molar-refractivity contribution < 1.29 is 18.3 Å². The fourth-order valence-corrected chi connectivity index (χ4v) is 1.72. The number of rotatable bonds is 4. The van der Waals surface area contributed by atoms with Gasteiger partial charge < -0.3 is 15.7 Å². The molecular weight excluding hydrogens is 233 g/mol. The first-order valence-electron chi connectivity index (χ1n) is 5.13. The van der Waals surface area contributed by atoms with Gasteiger partial charge >= 0.3 is 6.18 Å². The zero-order chi connectivity index (χ0) is 13.1. The molecule has 0 aliphatic heterocycles. The highest BCUT2D eigenvalue weighted by Gasteiger charge is 2.31. The van der Waals surface area contributed by atoms with E-state index in [1.54, 1.807) is 25.1 Å². The van der Waals surface area contributed by atoms with Gasteiger partial charge in [0, 0.05) is 6.54 Å². The number of anilines is 2. The first-order valence-corrected chi connectivity index (χ1v) is 5.13. The molecule has 0 fully saturated rings. The lowest BCUT2D eigenvalue weighted by molar-refractivity contribution is -0.119. The van der Waals surface area contributed by atoms with Crippen molar-refractivity contribution in [3.63, 3.8) is 0 Å². The maximum atomic E-state index is 12.4. The fraction of sp³-hybridized carbons (Fsp3) is 0.455. The first kappa shape index (κ1) is 13.6. The summed E-state index contributed by atoms with van der Waals surface area (Å²) in [4.78, 5) is 1.05. The first-order chi connectivity index (χ1) is 7.85. The molecule has 0 heterocycles. The lowest BCUT2D eigenvalue weighted by Crippen LogP contribution is -2.37. The standard InChI is InChI=1S/C11H15F3N2O/c1-8-3-2-4-9(15)10(8)16(5-6-17)7-11(12,13)14/h2-4,17H,5-7,15H2,1H3. The van der Waals surface area contributed by atoms with Gasteiger partial charge in [-0.05, 0) is 18.6 Å². The summed E-state index contributed by atoms with van der Waals surface area (Å²) in [5.74, 6) is 0. The van der Waals surface area contributed by atoms with Crippen LogP contribution >= 0.6 is 0 Å². The molecule has 0 spiro atoms. The number of halogens is 3. The molecule has 0 unspecified atom stereocenters. The highest BCUT2D eigenvalue weighted by atomic mass is 19.4. The summed E-state index contributed by atoms with van der Waals surface area (Å²) < 4.78 is 37.2. The monoisotopic (exact) mass is 248 g/mol. The third kappa shape index (κ3) is 3.81. The van der Waals surface area contributed by atoms with E-state index in [2.05, 4.69) is 0 Å². The molecule has 0 aromatic heterocycles. The maximum absolute atomic E-state index is 12.4. The fourth-order valence-electron chi connectivity index (χ4n) is 1.72. The summed E-state index contributed by atoms with van der Waals surface area (Å²) in [7, 11) is 0. The van der Waals surface area contributed by atoms with E-state index in [0.29, 0.717) is 11.3 Å². The molecular formula is C11H15F3N2O. The van der Waals surface area contributed by atoms with Crippen LogP contribution in [0.5, 0.6) is 0 Å². The van der Waals surface area contributed by atoms with E-state index in [0.717, 1.165) is 4.90 Å². The molecule has 0 atom stereocenters. The van der Waals surface area contributed by atoms with E-state index in [1.807, 2.05) is 0 Å². The lowest BCUT2D eigenvalue weighted by Gasteiger charge is -2.27. The smallest absolute Gasteiger partial charge is 0.397 e. The number of hydrogen-bond donors (Lipinski definition) is 2. The third-order valence-corrected chi connectivity index (χ3v) is 2.33. The molecule has 0 bridgehead atoms. The molecule has 1 aromatic rings. The summed E-state index contributed by atoms with van der Waals surface area (Å²) in [6, 6.07) is 4.91. The average Bonchev–Trinajstić information content (AvgIpc) is 2.15. The third-order valence-electron chi connectivity index (χ3n) is 2.33. The van der Waals surface area contributed by atoms with Crippen LogP contribution in [0.2, 0.25) is 0 Å². The normalized spacial score (nSPS) is 11.6. The second-order valence-electron chi connectivity index (χ2n) is 3.77. The molecule has 3 N–H and O–H groups in total. The number of nitrogen functional groups attached to an aromatic ring is 1. The van der Waals surface area contributed by atoms with Gasteiger partial charge in [-0.2, -0.15) is 13.2 Å². The van der Waals surface area contributed by atoms with Gasteiger partial charge in [0.1, 0.15) is 6.54 Å². The Hall–Kier alpha value is -1.43. The van der Waals surface area contributed by atoms with E-state index in [-0.39, 0.29) is 18.8 Å². The van der Waals surface area contributed by atoms with E-state index >= 15 is 0 Å². The van der Waals surface area contributed by atoms with E-state index in [9.17, 15) is 13.2 Å². The number of nitrogens with zero attached hydrogens (tertiary/aromatic N) is 1. The van der Waals surface area contributed by atoms with Gasteiger partial charge in [0.2, 0.25) is 0 Å². The molecule has 1 rings (SSSR count). The van der Waals surface area contributed by atoms with Crippen LogP contribution in [0.1, 0.15) is 5.56 Å². The van der Waals surface area contributed by atoms with Crippen LogP contribution in [0.25, 0.3) is 0 Å². The Morgan fingerprint density at radius 1 is 1.35 bits per heavy atom. The van der Waals surface area contributed by atoms with Crippen LogP contribution in [0.4, 0.5) is 24.5 Å². The predicted molar refractivity (Wildman–Crippen MR) is 60.9 cm³/mol. The Labute approximate surface area is 97.6 Å². The molecule has 0 aliphatic rings. The van der Waals surface area contributed by atoms with Crippen LogP contribution in [0.3, 0.4) is 0 Å². The van der Waals surface area contributed by atoms with Crippen molar-refractivity contribution in [1.82, 2.24) is 0 Å². The number of para-hydroxylation sites is 1. The van der Waals surface area contributed by atoms with E-state index in [4.69, 9.17) is 10.8 Å². The Bertz CT molecular complexity index is 359. The molecule has 3 nitrogen and oxygen atoms in total. The van der Waals surface area contributed by atoms with Crippen LogP contribution in [-0.4, -0.2) is 31.0 Å². The van der Waals surface area contributed by atoms with Crippen molar-refractivity contribution in [2.45, 2.75) is 13.1 Å². The second-order valence-corrected chi connectivity index (χ2v) is 3.77.